The minimum absolute atomic E-state index is 0.167. The van der Waals surface area contributed by atoms with E-state index in [-0.39, 0.29) is 23.5 Å². The van der Waals surface area contributed by atoms with E-state index in [4.69, 9.17) is 5.73 Å². The molecule has 0 aromatic carbocycles. The summed E-state index contributed by atoms with van der Waals surface area (Å²) in [5, 5.41) is 3.80. The van der Waals surface area contributed by atoms with Gasteiger partial charge in [-0.25, -0.2) is 8.42 Å². The lowest BCUT2D eigenvalue weighted by molar-refractivity contribution is 0.559. The zero-order valence-electron chi connectivity index (χ0n) is 8.01. The molecule has 0 spiro atoms. The van der Waals surface area contributed by atoms with Gasteiger partial charge >= 0.3 is 0 Å². The Morgan fingerprint density at radius 1 is 1.40 bits per heavy atom. The first-order valence-electron chi connectivity index (χ1n) is 4.61. The van der Waals surface area contributed by atoms with E-state index in [1.54, 1.807) is 0 Å². The van der Waals surface area contributed by atoms with Crippen molar-refractivity contribution in [2.45, 2.75) is 18.9 Å². The monoisotopic (exact) mass is 248 g/mol. The number of aromatic nitrogens is 2. The standard InChI is InChI=1S/C7H12N4O2S2/c8-6-10-7(14-11-6)9-5-1-3-15(12,13)4-2-5/h5H,1-4H2,(H3,8,9,10,11). The van der Waals surface area contributed by atoms with Gasteiger partial charge in [-0.2, -0.15) is 9.36 Å². The lowest BCUT2D eigenvalue weighted by atomic mass is 10.2. The fraction of sp³-hybridized carbons (Fsp3) is 0.714. The van der Waals surface area contributed by atoms with Crippen molar-refractivity contribution in [3.63, 3.8) is 0 Å². The molecule has 3 N–H and O–H groups in total. The second kappa shape index (κ2) is 3.93. The second-order valence-corrected chi connectivity index (χ2v) is 6.58. The summed E-state index contributed by atoms with van der Waals surface area (Å²) in [5.74, 6) is 0.753. The van der Waals surface area contributed by atoms with Crippen molar-refractivity contribution in [1.29, 1.82) is 0 Å². The van der Waals surface area contributed by atoms with Crippen molar-refractivity contribution in [2.24, 2.45) is 0 Å². The van der Waals surface area contributed by atoms with Gasteiger partial charge in [0.2, 0.25) is 11.1 Å². The normalized spacial score (nSPS) is 21.3. The highest BCUT2D eigenvalue weighted by Crippen LogP contribution is 2.19. The molecule has 0 amide bonds. The summed E-state index contributed by atoms with van der Waals surface area (Å²) < 4.78 is 26.2. The summed E-state index contributed by atoms with van der Waals surface area (Å²) in [5.41, 5.74) is 5.38. The first-order valence-corrected chi connectivity index (χ1v) is 7.21. The van der Waals surface area contributed by atoms with Crippen LogP contribution in [0.5, 0.6) is 0 Å². The van der Waals surface area contributed by atoms with Gasteiger partial charge in [0.05, 0.1) is 11.5 Å². The van der Waals surface area contributed by atoms with Gasteiger partial charge in [0.1, 0.15) is 9.84 Å². The van der Waals surface area contributed by atoms with Crippen molar-refractivity contribution in [3.05, 3.63) is 0 Å². The quantitative estimate of drug-likeness (QED) is 0.771. The van der Waals surface area contributed by atoms with E-state index in [0.717, 1.165) is 0 Å². The average molecular weight is 248 g/mol. The Bertz CT molecular complexity index is 428. The summed E-state index contributed by atoms with van der Waals surface area (Å²) in [6.45, 7) is 0. The number of sulfone groups is 1. The van der Waals surface area contributed by atoms with Crippen LogP contribution < -0.4 is 11.1 Å². The van der Waals surface area contributed by atoms with E-state index in [2.05, 4.69) is 14.7 Å². The van der Waals surface area contributed by atoms with Crippen molar-refractivity contribution in [1.82, 2.24) is 9.36 Å². The second-order valence-electron chi connectivity index (χ2n) is 3.53. The Morgan fingerprint density at radius 3 is 2.60 bits per heavy atom. The minimum atomic E-state index is -2.80. The molecule has 0 aliphatic carbocycles. The van der Waals surface area contributed by atoms with Crippen LogP contribution in [0.1, 0.15) is 12.8 Å². The maximum atomic E-state index is 11.2. The largest absolute Gasteiger partial charge is 0.367 e. The Balaban J connectivity index is 1.92. The molecule has 0 saturated carbocycles. The third-order valence-corrected chi connectivity index (χ3v) is 4.70. The predicted molar refractivity (Wildman–Crippen MR) is 59.6 cm³/mol. The molecule has 8 heteroatoms. The van der Waals surface area contributed by atoms with Gasteiger partial charge in [0, 0.05) is 17.6 Å². The van der Waals surface area contributed by atoms with Crippen molar-refractivity contribution in [2.75, 3.05) is 22.6 Å². The predicted octanol–water partition coefficient (Wildman–Crippen LogP) is 0.109. The summed E-state index contributed by atoms with van der Waals surface area (Å²) in [7, 11) is -2.80. The van der Waals surface area contributed by atoms with E-state index >= 15 is 0 Å². The van der Waals surface area contributed by atoms with Crippen LogP contribution in [-0.4, -0.2) is 35.3 Å². The summed E-state index contributed by atoms with van der Waals surface area (Å²) >= 11 is 1.20. The molecule has 0 atom stereocenters. The van der Waals surface area contributed by atoms with Gasteiger partial charge in [-0.3, -0.25) is 0 Å². The van der Waals surface area contributed by atoms with Gasteiger partial charge in [0.15, 0.2) is 0 Å². The SMILES string of the molecule is Nc1nsc(NC2CCS(=O)(=O)CC2)n1. The van der Waals surface area contributed by atoms with Crippen LogP contribution in [0.4, 0.5) is 11.1 Å². The van der Waals surface area contributed by atoms with Gasteiger partial charge < -0.3 is 11.1 Å². The molecular formula is C7H12N4O2S2. The number of nitrogen functional groups attached to an aromatic ring is 1. The van der Waals surface area contributed by atoms with Crippen LogP contribution in [0.3, 0.4) is 0 Å². The third kappa shape index (κ3) is 2.78. The summed E-state index contributed by atoms with van der Waals surface area (Å²) in [6.07, 6.45) is 1.25. The summed E-state index contributed by atoms with van der Waals surface area (Å²) in [6, 6.07) is 0.167. The molecule has 15 heavy (non-hydrogen) atoms. The highest BCUT2D eigenvalue weighted by Gasteiger charge is 2.23. The minimum Gasteiger partial charge on any atom is -0.367 e. The molecule has 2 heterocycles. The lowest BCUT2D eigenvalue weighted by Gasteiger charge is -2.22. The third-order valence-electron chi connectivity index (χ3n) is 2.32. The van der Waals surface area contributed by atoms with E-state index in [9.17, 15) is 8.42 Å². The Hall–Kier alpha value is -0.890. The van der Waals surface area contributed by atoms with E-state index in [1.807, 2.05) is 0 Å². The first kappa shape index (κ1) is 10.6. The average Bonchev–Trinajstić information content (AvgIpc) is 2.55. The van der Waals surface area contributed by atoms with Gasteiger partial charge in [-0.1, -0.05) is 0 Å². The number of anilines is 2. The number of hydrogen-bond donors (Lipinski definition) is 2. The molecule has 0 unspecified atom stereocenters. The van der Waals surface area contributed by atoms with Crippen LogP contribution in [0.25, 0.3) is 0 Å². The van der Waals surface area contributed by atoms with Crippen molar-refractivity contribution in [3.8, 4) is 0 Å². The summed E-state index contributed by atoms with van der Waals surface area (Å²) in [4.78, 5) is 3.97. The lowest BCUT2D eigenvalue weighted by Crippen LogP contribution is -2.32. The number of nitrogens with zero attached hydrogens (tertiary/aromatic N) is 2. The Labute approximate surface area is 92.0 Å². The molecule has 84 valence electrons. The molecule has 0 bridgehead atoms. The van der Waals surface area contributed by atoms with Crippen molar-refractivity contribution < 1.29 is 8.42 Å². The van der Waals surface area contributed by atoms with E-state index in [0.29, 0.717) is 18.0 Å². The number of hydrogen-bond acceptors (Lipinski definition) is 7. The fourth-order valence-corrected chi connectivity index (χ4v) is 3.57. The van der Waals surface area contributed by atoms with Gasteiger partial charge in [-0.15, -0.1) is 0 Å². The van der Waals surface area contributed by atoms with Crippen LogP contribution in [0.15, 0.2) is 0 Å². The van der Waals surface area contributed by atoms with Crippen LogP contribution in [0, 0.1) is 0 Å². The highest BCUT2D eigenvalue weighted by molar-refractivity contribution is 7.91. The fourth-order valence-electron chi connectivity index (χ4n) is 1.50. The maximum absolute atomic E-state index is 11.2. The molecule has 1 aliphatic rings. The molecule has 1 aromatic rings. The maximum Gasteiger partial charge on any atom is 0.233 e. The van der Waals surface area contributed by atoms with E-state index < -0.39 is 9.84 Å². The van der Waals surface area contributed by atoms with Crippen LogP contribution in [-0.2, 0) is 9.84 Å². The number of nitrogens with one attached hydrogen (secondary N) is 1. The molecule has 2 rings (SSSR count). The number of nitrogens with two attached hydrogens (primary N) is 1. The Kier molecular flexibility index (Phi) is 2.79. The molecule has 1 aromatic heterocycles. The van der Waals surface area contributed by atoms with Crippen molar-refractivity contribution >= 4 is 32.4 Å². The zero-order chi connectivity index (χ0) is 10.9. The first-order chi connectivity index (χ1) is 7.05. The molecule has 1 aliphatic heterocycles. The van der Waals surface area contributed by atoms with Gasteiger partial charge in [-0.05, 0) is 12.8 Å². The number of rotatable bonds is 2. The smallest absolute Gasteiger partial charge is 0.233 e. The molecule has 0 radical (unpaired) electrons. The zero-order valence-corrected chi connectivity index (χ0v) is 9.64. The Morgan fingerprint density at radius 2 is 2.07 bits per heavy atom. The van der Waals surface area contributed by atoms with Crippen LogP contribution in [0.2, 0.25) is 0 Å². The highest BCUT2D eigenvalue weighted by atomic mass is 32.2. The molecular weight excluding hydrogens is 236 g/mol. The molecule has 6 nitrogen and oxygen atoms in total. The topological polar surface area (TPSA) is 98.0 Å². The van der Waals surface area contributed by atoms with Crippen LogP contribution >= 0.6 is 11.5 Å². The molecule has 1 fully saturated rings. The molecule has 1 saturated heterocycles. The van der Waals surface area contributed by atoms with Gasteiger partial charge in [0.25, 0.3) is 0 Å². The van der Waals surface area contributed by atoms with E-state index in [1.165, 1.54) is 11.5 Å².